The zero-order valence-corrected chi connectivity index (χ0v) is 8.95. The molecule has 0 radical (unpaired) electrons. The van der Waals surface area contributed by atoms with Crippen LogP contribution in [0.25, 0.3) is 0 Å². The van der Waals surface area contributed by atoms with Crippen LogP contribution in [-0.2, 0) is 0 Å². The Balaban J connectivity index is 2.05. The Kier molecular flexibility index (Phi) is 5.08. The zero-order chi connectivity index (χ0) is 8.81. The molecule has 72 valence electrons. The molecule has 1 N–H and O–H groups in total. The van der Waals surface area contributed by atoms with Crippen molar-refractivity contribution in [1.29, 1.82) is 0 Å². The summed E-state index contributed by atoms with van der Waals surface area (Å²) in [7, 11) is 0. The molecule has 0 spiro atoms. The van der Waals surface area contributed by atoms with Gasteiger partial charge in [0.05, 0.1) is 0 Å². The summed E-state index contributed by atoms with van der Waals surface area (Å²) in [6, 6.07) is 0.579. The number of hydrogen-bond acceptors (Lipinski definition) is 2. The molecular formula is C10H21NS. The van der Waals surface area contributed by atoms with Gasteiger partial charge >= 0.3 is 0 Å². The standard InChI is InChI=1S/C10H21NS/c1-9(11-12)7-8-10-5-3-2-4-6-10/h9-12H,2-8H2,1H3/t9-/m1/s1. The lowest BCUT2D eigenvalue weighted by Gasteiger charge is -2.22. The third-order valence-electron chi connectivity index (χ3n) is 2.95. The Labute approximate surface area is 81.9 Å². The highest BCUT2D eigenvalue weighted by atomic mass is 32.1. The number of hydrogen-bond donors (Lipinski definition) is 2. The molecule has 1 aliphatic rings. The second kappa shape index (κ2) is 5.87. The summed E-state index contributed by atoms with van der Waals surface area (Å²) in [6.45, 7) is 2.20. The van der Waals surface area contributed by atoms with Crippen molar-refractivity contribution in [2.45, 2.75) is 57.9 Å². The normalized spacial score (nSPS) is 22.5. The lowest BCUT2D eigenvalue weighted by Crippen LogP contribution is -2.18. The van der Waals surface area contributed by atoms with E-state index in [1.807, 2.05) is 0 Å². The van der Waals surface area contributed by atoms with Crippen molar-refractivity contribution in [1.82, 2.24) is 4.72 Å². The molecule has 0 bridgehead atoms. The molecule has 0 heterocycles. The SMILES string of the molecule is C[C@H](CCC1CCCCC1)NS. The van der Waals surface area contributed by atoms with Gasteiger partial charge in [0.15, 0.2) is 0 Å². The van der Waals surface area contributed by atoms with E-state index in [1.54, 1.807) is 0 Å². The van der Waals surface area contributed by atoms with Crippen LogP contribution in [-0.4, -0.2) is 6.04 Å². The molecule has 0 amide bonds. The summed E-state index contributed by atoms with van der Waals surface area (Å²) in [5.74, 6) is 1.02. The first kappa shape index (κ1) is 10.4. The predicted octanol–water partition coefficient (Wildman–Crippen LogP) is 3.17. The number of nitrogens with one attached hydrogen (secondary N) is 1. The second-order valence-corrected chi connectivity index (χ2v) is 4.37. The van der Waals surface area contributed by atoms with Crippen molar-refractivity contribution < 1.29 is 0 Å². The van der Waals surface area contributed by atoms with E-state index in [2.05, 4.69) is 24.5 Å². The van der Waals surface area contributed by atoms with Gasteiger partial charge in [-0.1, -0.05) is 44.9 Å². The monoisotopic (exact) mass is 187 g/mol. The van der Waals surface area contributed by atoms with Crippen molar-refractivity contribution >= 4 is 12.8 Å². The highest BCUT2D eigenvalue weighted by Crippen LogP contribution is 2.27. The van der Waals surface area contributed by atoms with Crippen LogP contribution in [0.3, 0.4) is 0 Å². The van der Waals surface area contributed by atoms with Crippen LogP contribution in [0.5, 0.6) is 0 Å². The Morgan fingerprint density at radius 1 is 1.33 bits per heavy atom. The van der Waals surface area contributed by atoms with E-state index in [0.717, 1.165) is 5.92 Å². The minimum absolute atomic E-state index is 0.579. The minimum Gasteiger partial charge on any atom is -0.264 e. The van der Waals surface area contributed by atoms with Gasteiger partial charge in [-0.3, -0.25) is 4.72 Å². The fourth-order valence-corrected chi connectivity index (χ4v) is 2.16. The van der Waals surface area contributed by atoms with Gasteiger partial charge in [0, 0.05) is 6.04 Å². The van der Waals surface area contributed by atoms with Crippen molar-refractivity contribution in [3.05, 3.63) is 0 Å². The quantitative estimate of drug-likeness (QED) is 0.644. The number of thiol groups is 1. The summed E-state index contributed by atoms with van der Waals surface area (Å²) < 4.78 is 3.00. The summed E-state index contributed by atoms with van der Waals surface area (Å²) in [6.07, 6.45) is 10.0. The molecule has 0 aliphatic heterocycles. The first-order chi connectivity index (χ1) is 5.83. The van der Waals surface area contributed by atoms with Crippen molar-refractivity contribution in [2.75, 3.05) is 0 Å². The summed E-state index contributed by atoms with van der Waals surface area (Å²) in [4.78, 5) is 0. The fraction of sp³-hybridized carbons (Fsp3) is 1.00. The van der Waals surface area contributed by atoms with Crippen LogP contribution in [0.15, 0.2) is 0 Å². The lowest BCUT2D eigenvalue weighted by atomic mass is 9.85. The maximum Gasteiger partial charge on any atom is 0.0141 e. The zero-order valence-electron chi connectivity index (χ0n) is 8.05. The molecular weight excluding hydrogens is 166 g/mol. The Morgan fingerprint density at radius 3 is 2.58 bits per heavy atom. The fourth-order valence-electron chi connectivity index (χ4n) is 2.03. The van der Waals surface area contributed by atoms with Gasteiger partial charge in [-0.25, -0.2) is 0 Å². The van der Waals surface area contributed by atoms with Crippen LogP contribution in [0.1, 0.15) is 51.9 Å². The molecule has 0 saturated heterocycles. The van der Waals surface area contributed by atoms with Gasteiger partial charge in [0.25, 0.3) is 0 Å². The van der Waals surface area contributed by atoms with Gasteiger partial charge in [0.2, 0.25) is 0 Å². The minimum atomic E-state index is 0.579. The van der Waals surface area contributed by atoms with Gasteiger partial charge in [-0.05, 0) is 25.7 Å². The molecule has 12 heavy (non-hydrogen) atoms. The van der Waals surface area contributed by atoms with Gasteiger partial charge < -0.3 is 0 Å². The first-order valence-corrected chi connectivity index (χ1v) is 5.67. The molecule has 1 fully saturated rings. The van der Waals surface area contributed by atoms with Crippen LogP contribution >= 0.6 is 12.8 Å². The van der Waals surface area contributed by atoms with Crippen molar-refractivity contribution in [3.8, 4) is 0 Å². The van der Waals surface area contributed by atoms with Gasteiger partial charge in [0.1, 0.15) is 0 Å². The summed E-state index contributed by atoms with van der Waals surface area (Å²) >= 11 is 4.06. The molecule has 0 aromatic rings. The first-order valence-electron chi connectivity index (χ1n) is 5.22. The topological polar surface area (TPSA) is 12.0 Å². The Morgan fingerprint density at radius 2 is 2.00 bits per heavy atom. The maximum absolute atomic E-state index is 4.06. The largest absolute Gasteiger partial charge is 0.264 e. The lowest BCUT2D eigenvalue weighted by molar-refractivity contribution is 0.324. The molecule has 0 aromatic carbocycles. The molecule has 1 atom stereocenters. The second-order valence-electron chi connectivity index (χ2n) is 4.11. The van der Waals surface area contributed by atoms with E-state index in [-0.39, 0.29) is 0 Å². The van der Waals surface area contributed by atoms with E-state index in [4.69, 9.17) is 0 Å². The smallest absolute Gasteiger partial charge is 0.0141 e. The van der Waals surface area contributed by atoms with Gasteiger partial charge in [-0.2, -0.15) is 0 Å². The highest BCUT2D eigenvalue weighted by molar-refractivity contribution is 7.78. The Bertz CT molecular complexity index is 110. The van der Waals surface area contributed by atoms with E-state index < -0.39 is 0 Å². The Hall–Kier alpha value is 0.310. The molecule has 2 heteroatoms. The average molecular weight is 187 g/mol. The predicted molar refractivity (Wildman–Crippen MR) is 57.4 cm³/mol. The van der Waals surface area contributed by atoms with Gasteiger partial charge in [-0.15, -0.1) is 0 Å². The van der Waals surface area contributed by atoms with Crippen LogP contribution in [0.4, 0.5) is 0 Å². The van der Waals surface area contributed by atoms with E-state index in [0.29, 0.717) is 6.04 Å². The summed E-state index contributed by atoms with van der Waals surface area (Å²) in [5, 5.41) is 0. The summed E-state index contributed by atoms with van der Waals surface area (Å²) in [5.41, 5.74) is 0. The van der Waals surface area contributed by atoms with Crippen LogP contribution in [0.2, 0.25) is 0 Å². The van der Waals surface area contributed by atoms with Crippen molar-refractivity contribution in [3.63, 3.8) is 0 Å². The molecule has 1 rings (SSSR count). The van der Waals surface area contributed by atoms with Crippen LogP contribution < -0.4 is 4.72 Å². The van der Waals surface area contributed by atoms with E-state index >= 15 is 0 Å². The van der Waals surface area contributed by atoms with Crippen LogP contribution in [0, 0.1) is 5.92 Å². The molecule has 1 nitrogen and oxygen atoms in total. The third-order valence-corrected chi connectivity index (χ3v) is 3.39. The van der Waals surface area contributed by atoms with Crippen molar-refractivity contribution in [2.24, 2.45) is 5.92 Å². The van der Waals surface area contributed by atoms with E-state index in [9.17, 15) is 0 Å². The third kappa shape index (κ3) is 3.81. The highest BCUT2D eigenvalue weighted by Gasteiger charge is 2.13. The average Bonchev–Trinajstić information content (AvgIpc) is 2.16. The maximum atomic E-state index is 4.06. The number of rotatable bonds is 4. The molecule has 1 saturated carbocycles. The molecule has 1 aliphatic carbocycles. The molecule has 0 aromatic heterocycles. The van der Waals surface area contributed by atoms with E-state index in [1.165, 1.54) is 44.9 Å². The molecule has 0 unspecified atom stereocenters.